The Balaban J connectivity index is 4.38. The maximum absolute atomic E-state index is 12.8. The molecule has 0 aliphatic heterocycles. The molecule has 0 heterocycles. The molecule has 66 heavy (non-hydrogen) atoms. The Morgan fingerprint density at radius 2 is 0.591 bits per heavy atom. The summed E-state index contributed by atoms with van der Waals surface area (Å²) in [6, 6.07) is 0. The second kappa shape index (κ2) is 55.0. The van der Waals surface area contributed by atoms with Crippen LogP contribution in [0.2, 0.25) is 0 Å². The van der Waals surface area contributed by atoms with Crippen molar-refractivity contribution in [2.24, 2.45) is 0 Å². The number of allylic oxidation sites excluding steroid dienone is 8. The van der Waals surface area contributed by atoms with Crippen LogP contribution in [0.1, 0.15) is 297 Å². The molecule has 0 N–H and O–H groups in total. The summed E-state index contributed by atoms with van der Waals surface area (Å²) in [5.74, 6) is -0.908. The SMILES string of the molecule is CC/C=C\C/C=C\C/C=C\C/C=C\CCCCC(=O)OC[C@H](COC(=O)CCCCCCCCCCCCCCCCCCC)OC(=O)CCCCCCCCCCCCCCCCCC. The summed E-state index contributed by atoms with van der Waals surface area (Å²) in [7, 11) is 0. The Morgan fingerprint density at radius 1 is 0.318 bits per heavy atom. The quantitative estimate of drug-likeness (QED) is 0.0262. The first-order chi connectivity index (χ1) is 32.5. The molecule has 0 spiro atoms. The van der Waals surface area contributed by atoms with Crippen LogP contribution in [0, 0.1) is 0 Å². The van der Waals surface area contributed by atoms with Crippen LogP contribution in [-0.2, 0) is 28.6 Å². The van der Waals surface area contributed by atoms with Crippen LogP contribution in [0.25, 0.3) is 0 Å². The summed E-state index contributed by atoms with van der Waals surface area (Å²) in [6.07, 6.45) is 66.7. The predicted molar refractivity (Wildman–Crippen MR) is 284 cm³/mol. The monoisotopic (exact) mass is 925 g/mol. The highest BCUT2D eigenvalue weighted by molar-refractivity contribution is 5.71. The van der Waals surface area contributed by atoms with Crippen molar-refractivity contribution >= 4 is 17.9 Å². The number of rotatable bonds is 52. The molecule has 0 aromatic heterocycles. The van der Waals surface area contributed by atoms with Crippen molar-refractivity contribution in [3.05, 3.63) is 48.6 Å². The van der Waals surface area contributed by atoms with Crippen LogP contribution in [0.15, 0.2) is 48.6 Å². The third-order valence-electron chi connectivity index (χ3n) is 12.6. The Bertz CT molecular complexity index is 1150. The van der Waals surface area contributed by atoms with Crippen molar-refractivity contribution in [1.29, 1.82) is 0 Å². The fraction of sp³-hybridized carbons (Fsp3) is 0.817. The Labute approximate surface area is 409 Å². The second-order valence-electron chi connectivity index (χ2n) is 19.2. The molecule has 0 bridgehead atoms. The minimum absolute atomic E-state index is 0.0817. The van der Waals surface area contributed by atoms with Gasteiger partial charge in [0, 0.05) is 19.3 Å². The fourth-order valence-electron chi connectivity index (χ4n) is 8.32. The van der Waals surface area contributed by atoms with Crippen LogP contribution < -0.4 is 0 Å². The lowest BCUT2D eigenvalue weighted by Crippen LogP contribution is -2.30. The van der Waals surface area contributed by atoms with Gasteiger partial charge in [-0.2, -0.15) is 0 Å². The van der Waals surface area contributed by atoms with Gasteiger partial charge in [0.1, 0.15) is 13.2 Å². The third-order valence-corrected chi connectivity index (χ3v) is 12.6. The van der Waals surface area contributed by atoms with Gasteiger partial charge in [0.25, 0.3) is 0 Å². The molecule has 0 aliphatic carbocycles. The molecule has 0 saturated carbocycles. The summed E-state index contributed by atoms with van der Waals surface area (Å²) in [5, 5.41) is 0. The largest absolute Gasteiger partial charge is 0.462 e. The first-order valence-electron chi connectivity index (χ1n) is 28.6. The lowest BCUT2D eigenvalue weighted by atomic mass is 10.0. The van der Waals surface area contributed by atoms with Crippen LogP contribution in [0.4, 0.5) is 0 Å². The van der Waals surface area contributed by atoms with Gasteiger partial charge >= 0.3 is 17.9 Å². The average molecular weight is 926 g/mol. The van der Waals surface area contributed by atoms with Crippen LogP contribution >= 0.6 is 0 Å². The Morgan fingerprint density at radius 3 is 0.924 bits per heavy atom. The lowest BCUT2D eigenvalue weighted by molar-refractivity contribution is -0.167. The molecule has 6 heteroatoms. The van der Waals surface area contributed by atoms with Gasteiger partial charge in [0.2, 0.25) is 0 Å². The summed E-state index contributed by atoms with van der Waals surface area (Å²) in [5.41, 5.74) is 0. The highest BCUT2D eigenvalue weighted by atomic mass is 16.6. The normalized spacial score (nSPS) is 12.3. The van der Waals surface area contributed by atoms with Gasteiger partial charge in [0.05, 0.1) is 0 Å². The minimum atomic E-state index is -0.786. The lowest BCUT2D eigenvalue weighted by Gasteiger charge is -2.18. The van der Waals surface area contributed by atoms with E-state index in [9.17, 15) is 14.4 Å². The van der Waals surface area contributed by atoms with E-state index in [1.54, 1.807) is 0 Å². The van der Waals surface area contributed by atoms with Crippen molar-refractivity contribution < 1.29 is 28.6 Å². The first-order valence-corrected chi connectivity index (χ1v) is 28.6. The zero-order valence-corrected chi connectivity index (χ0v) is 44.0. The van der Waals surface area contributed by atoms with Crippen LogP contribution in [0.3, 0.4) is 0 Å². The van der Waals surface area contributed by atoms with Crippen LogP contribution in [-0.4, -0.2) is 37.2 Å². The first kappa shape index (κ1) is 63.4. The summed E-state index contributed by atoms with van der Waals surface area (Å²) >= 11 is 0. The van der Waals surface area contributed by atoms with Crippen LogP contribution in [0.5, 0.6) is 0 Å². The maximum atomic E-state index is 12.8. The molecule has 0 unspecified atom stereocenters. The van der Waals surface area contributed by atoms with Crippen molar-refractivity contribution in [1.82, 2.24) is 0 Å². The fourth-order valence-corrected chi connectivity index (χ4v) is 8.32. The van der Waals surface area contributed by atoms with E-state index >= 15 is 0 Å². The van der Waals surface area contributed by atoms with Crippen molar-refractivity contribution in [3.8, 4) is 0 Å². The van der Waals surface area contributed by atoms with Crippen molar-refractivity contribution in [3.63, 3.8) is 0 Å². The van der Waals surface area contributed by atoms with Crippen molar-refractivity contribution in [2.75, 3.05) is 13.2 Å². The van der Waals surface area contributed by atoms with Gasteiger partial charge in [-0.15, -0.1) is 0 Å². The van der Waals surface area contributed by atoms with E-state index in [0.29, 0.717) is 19.3 Å². The Hall–Kier alpha value is -2.63. The molecular formula is C60H108O6. The molecule has 0 saturated heterocycles. The molecule has 0 aromatic carbocycles. The van der Waals surface area contributed by atoms with E-state index in [0.717, 1.165) is 83.5 Å². The van der Waals surface area contributed by atoms with E-state index in [1.165, 1.54) is 173 Å². The number of esters is 3. The number of carbonyl (C=O) groups is 3. The molecule has 1 atom stereocenters. The topological polar surface area (TPSA) is 78.9 Å². The highest BCUT2D eigenvalue weighted by Gasteiger charge is 2.19. The number of hydrogen-bond acceptors (Lipinski definition) is 6. The van der Waals surface area contributed by atoms with Gasteiger partial charge in [-0.1, -0.05) is 268 Å². The second-order valence-corrected chi connectivity index (χ2v) is 19.2. The van der Waals surface area contributed by atoms with Gasteiger partial charge in [-0.25, -0.2) is 0 Å². The van der Waals surface area contributed by atoms with E-state index in [4.69, 9.17) is 14.2 Å². The van der Waals surface area contributed by atoms with E-state index in [-0.39, 0.29) is 31.1 Å². The molecule has 0 fully saturated rings. The zero-order valence-electron chi connectivity index (χ0n) is 44.0. The summed E-state index contributed by atoms with van der Waals surface area (Å²) in [6.45, 7) is 6.53. The summed E-state index contributed by atoms with van der Waals surface area (Å²) in [4.78, 5) is 38.1. The number of ether oxygens (including phenoxy) is 3. The standard InChI is InChI=1S/C60H108O6/c1-4-7-10-13-16-19-22-25-28-30-33-35-38-41-44-47-50-53-59(62)65-56-57(55-64-58(61)52-49-46-43-40-37-34-31-27-24-21-18-15-12-9-6-3)66-60(63)54-51-48-45-42-39-36-32-29-26-23-20-17-14-11-8-5-2/h9,12,18,21,27,31,37,40,57H,4-8,10-11,13-17,19-20,22-26,28-30,32-36,38-39,41-56H2,1-3H3/b12-9-,21-18-,31-27-,40-37-/t57-/m1/s1. The number of carbonyl (C=O) groups excluding carboxylic acids is 3. The molecule has 6 nitrogen and oxygen atoms in total. The molecule has 0 aliphatic rings. The summed E-state index contributed by atoms with van der Waals surface area (Å²) < 4.78 is 16.8. The smallest absolute Gasteiger partial charge is 0.306 e. The van der Waals surface area contributed by atoms with Gasteiger partial charge < -0.3 is 14.2 Å². The van der Waals surface area contributed by atoms with Crippen molar-refractivity contribution in [2.45, 2.75) is 303 Å². The predicted octanol–water partition coefficient (Wildman–Crippen LogP) is 19.0. The molecule has 384 valence electrons. The van der Waals surface area contributed by atoms with E-state index < -0.39 is 6.10 Å². The van der Waals surface area contributed by atoms with Gasteiger partial charge in [-0.3, -0.25) is 14.4 Å². The molecule has 0 amide bonds. The van der Waals surface area contributed by atoms with E-state index in [1.807, 2.05) is 0 Å². The zero-order chi connectivity index (χ0) is 47.9. The average Bonchev–Trinajstić information content (AvgIpc) is 3.31. The number of hydrogen-bond donors (Lipinski definition) is 0. The molecule has 0 rings (SSSR count). The number of unbranched alkanes of at least 4 members (excludes halogenated alkanes) is 33. The van der Waals surface area contributed by atoms with E-state index in [2.05, 4.69) is 69.4 Å². The minimum Gasteiger partial charge on any atom is -0.462 e. The van der Waals surface area contributed by atoms with Gasteiger partial charge in [0.15, 0.2) is 6.10 Å². The Kier molecular flexibility index (Phi) is 52.8. The van der Waals surface area contributed by atoms with Gasteiger partial charge in [-0.05, 0) is 57.8 Å². The maximum Gasteiger partial charge on any atom is 0.306 e. The highest BCUT2D eigenvalue weighted by Crippen LogP contribution is 2.17. The molecule has 0 aromatic rings. The molecular weight excluding hydrogens is 817 g/mol. The molecule has 0 radical (unpaired) electrons. The third kappa shape index (κ3) is 52.3.